The third kappa shape index (κ3) is 7.23. The summed E-state index contributed by atoms with van der Waals surface area (Å²) in [5.41, 5.74) is 2.50. The van der Waals surface area contributed by atoms with Crippen molar-refractivity contribution in [2.45, 2.75) is 46.5 Å². The fourth-order valence-corrected chi connectivity index (χ4v) is 2.37. The summed E-state index contributed by atoms with van der Waals surface area (Å²) >= 11 is 0. The van der Waals surface area contributed by atoms with Crippen molar-refractivity contribution in [2.75, 3.05) is 0 Å². The standard InChI is InChI=1S/C22H26NO2.Ir/c1-22(2,3)21(25)16-19(24)14-8-7-12-18-13-9-15-20(23-18)17-10-5-4-6-11-17;/h4-6,9-10,13,15-16,24H,7-8,12,14H2,1-3H3;/q-1;. The van der Waals surface area contributed by atoms with E-state index >= 15 is 0 Å². The van der Waals surface area contributed by atoms with E-state index in [2.05, 4.69) is 11.1 Å². The number of aryl methyl sites for hydroxylation is 1. The molecule has 0 unspecified atom stereocenters. The number of allylic oxidation sites excluding steroid dienone is 2. The molecule has 0 bridgehead atoms. The number of rotatable bonds is 7. The normalized spacial score (nSPS) is 11.7. The molecule has 1 aromatic carbocycles. The zero-order valence-electron chi connectivity index (χ0n) is 15.6. The second-order valence-electron chi connectivity index (χ2n) is 7.25. The number of benzene rings is 1. The molecule has 0 saturated heterocycles. The number of ketones is 1. The van der Waals surface area contributed by atoms with E-state index in [9.17, 15) is 9.90 Å². The number of unbranched alkanes of at least 4 members (excludes halogenated alkanes) is 1. The van der Waals surface area contributed by atoms with Gasteiger partial charge >= 0.3 is 0 Å². The van der Waals surface area contributed by atoms with Gasteiger partial charge < -0.3 is 10.1 Å². The summed E-state index contributed by atoms with van der Waals surface area (Å²) < 4.78 is 0. The average molecular weight is 529 g/mol. The van der Waals surface area contributed by atoms with Crippen LogP contribution in [0.4, 0.5) is 0 Å². The predicted octanol–water partition coefficient (Wildman–Crippen LogP) is 5.32. The third-order valence-corrected chi connectivity index (χ3v) is 3.94. The first-order valence-corrected chi connectivity index (χ1v) is 8.73. The van der Waals surface area contributed by atoms with Crippen molar-refractivity contribution in [2.24, 2.45) is 5.41 Å². The minimum Gasteiger partial charge on any atom is -0.512 e. The zero-order valence-corrected chi connectivity index (χ0v) is 18.0. The summed E-state index contributed by atoms with van der Waals surface area (Å²) in [4.78, 5) is 16.5. The number of aliphatic hydroxyl groups is 1. The van der Waals surface area contributed by atoms with Crippen LogP contribution in [-0.4, -0.2) is 15.9 Å². The molecule has 141 valence electrons. The molecular weight excluding hydrogens is 502 g/mol. The summed E-state index contributed by atoms with van der Waals surface area (Å²) in [6.45, 7) is 5.55. The van der Waals surface area contributed by atoms with Crippen molar-refractivity contribution in [1.82, 2.24) is 4.98 Å². The smallest absolute Gasteiger partial charge is 0.164 e. The molecule has 0 aliphatic carbocycles. The molecule has 1 heterocycles. The van der Waals surface area contributed by atoms with Gasteiger partial charge in [0.25, 0.3) is 0 Å². The van der Waals surface area contributed by atoms with Crippen molar-refractivity contribution in [3.05, 3.63) is 66.1 Å². The maximum absolute atomic E-state index is 11.9. The van der Waals surface area contributed by atoms with Gasteiger partial charge in [-0.05, 0) is 31.0 Å². The van der Waals surface area contributed by atoms with Gasteiger partial charge in [0.2, 0.25) is 0 Å². The molecule has 0 aliphatic heterocycles. The molecule has 2 rings (SSSR count). The Morgan fingerprint density at radius 2 is 1.92 bits per heavy atom. The number of hydrogen-bond acceptors (Lipinski definition) is 3. The molecule has 0 atom stereocenters. The van der Waals surface area contributed by atoms with Crippen molar-refractivity contribution in [3.8, 4) is 11.3 Å². The van der Waals surface area contributed by atoms with E-state index in [4.69, 9.17) is 0 Å². The predicted molar refractivity (Wildman–Crippen MR) is 101 cm³/mol. The van der Waals surface area contributed by atoms with Gasteiger partial charge in [-0.15, -0.1) is 35.9 Å². The second-order valence-corrected chi connectivity index (χ2v) is 7.25. The Morgan fingerprint density at radius 3 is 2.58 bits per heavy atom. The number of hydrogen-bond donors (Lipinski definition) is 1. The molecule has 2 aromatic rings. The van der Waals surface area contributed by atoms with E-state index in [1.807, 2.05) is 63.2 Å². The van der Waals surface area contributed by atoms with E-state index in [1.54, 1.807) is 0 Å². The summed E-state index contributed by atoms with van der Waals surface area (Å²) in [7, 11) is 0. The molecular formula is C22H26IrNO2-. The fourth-order valence-electron chi connectivity index (χ4n) is 2.37. The van der Waals surface area contributed by atoms with Crippen LogP contribution in [0, 0.1) is 11.5 Å². The Hall–Kier alpha value is -1.77. The summed E-state index contributed by atoms with van der Waals surface area (Å²) in [5, 5.41) is 9.89. The molecule has 4 heteroatoms. The van der Waals surface area contributed by atoms with Gasteiger partial charge in [0, 0.05) is 43.7 Å². The van der Waals surface area contributed by atoms with E-state index in [1.165, 1.54) is 6.08 Å². The molecule has 0 saturated carbocycles. The first-order valence-electron chi connectivity index (χ1n) is 8.73. The van der Waals surface area contributed by atoms with E-state index in [-0.39, 0.29) is 31.6 Å². The summed E-state index contributed by atoms with van der Waals surface area (Å²) in [6, 6.07) is 17.0. The molecule has 0 fully saturated rings. The molecule has 0 spiro atoms. The number of pyridine rings is 1. The number of aliphatic hydroxyl groups excluding tert-OH is 1. The molecule has 0 amide bonds. The Labute approximate surface area is 169 Å². The van der Waals surface area contributed by atoms with Crippen LogP contribution in [0.15, 0.2) is 54.3 Å². The first kappa shape index (κ1) is 22.3. The van der Waals surface area contributed by atoms with E-state index < -0.39 is 5.41 Å². The number of aromatic nitrogens is 1. The van der Waals surface area contributed by atoms with Crippen LogP contribution in [-0.2, 0) is 31.3 Å². The Balaban J connectivity index is 0.00000338. The molecule has 1 N–H and O–H groups in total. The van der Waals surface area contributed by atoms with Crippen LogP contribution in [0.1, 0.15) is 45.7 Å². The van der Waals surface area contributed by atoms with E-state index in [0.717, 1.165) is 36.2 Å². The van der Waals surface area contributed by atoms with Crippen LogP contribution in [0.5, 0.6) is 0 Å². The summed E-state index contributed by atoms with van der Waals surface area (Å²) in [5.74, 6) is 0.124. The maximum atomic E-state index is 11.9. The van der Waals surface area contributed by atoms with Gasteiger partial charge in [-0.3, -0.25) is 4.79 Å². The van der Waals surface area contributed by atoms with Crippen LogP contribution >= 0.6 is 0 Å². The zero-order chi connectivity index (χ0) is 18.3. The van der Waals surface area contributed by atoms with Gasteiger partial charge in [0.1, 0.15) is 0 Å². The number of carbonyl (C=O) groups is 1. The minimum atomic E-state index is -0.452. The maximum Gasteiger partial charge on any atom is 0.164 e. The van der Waals surface area contributed by atoms with Crippen LogP contribution in [0.25, 0.3) is 11.3 Å². The van der Waals surface area contributed by atoms with Crippen molar-refractivity contribution in [3.63, 3.8) is 0 Å². The molecule has 0 aliphatic rings. The second kappa shape index (κ2) is 10.4. The van der Waals surface area contributed by atoms with Crippen molar-refractivity contribution in [1.29, 1.82) is 0 Å². The minimum absolute atomic E-state index is 0. The fraction of sp³-hybridized carbons (Fsp3) is 0.364. The topological polar surface area (TPSA) is 50.2 Å². The van der Waals surface area contributed by atoms with Gasteiger partial charge in [0.05, 0.1) is 5.76 Å². The van der Waals surface area contributed by atoms with Crippen LogP contribution < -0.4 is 0 Å². The molecule has 1 aromatic heterocycles. The van der Waals surface area contributed by atoms with Crippen LogP contribution in [0.2, 0.25) is 0 Å². The van der Waals surface area contributed by atoms with E-state index in [0.29, 0.717) is 6.42 Å². The largest absolute Gasteiger partial charge is 0.512 e. The van der Waals surface area contributed by atoms with Crippen LogP contribution in [0.3, 0.4) is 0 Å². The van der Waals surface area contributed by atoms with Gasteiger partial charge in [-0.1, -0.05) is 32.9 Å². The van der Waals surface area contributed by atoms with Gasteiger partial charge in [-0.25, -0.2) is 0 Å². The number of nitrogens with zero attached hydrogens (tertiary/aromatic N) is 1. The Morgan fingerprint density at radius 1 is 1.15 bits per heavy atom. The monoisotopic (exact) mass is 529 g/mol. The Bertz CT molecular complexity index is 733. The molecule has 3 nitrogen and oxygen atoms in total. The quantitative estimate of drug-likeness (QED) is 0.229. The number of carbonyl (C=O) groups excluding carboxylic acids is 1. The third-order valence-electron chi connectivity index (χ3n) is 3.94. The SMILES string of the molecule is CC(C)(C)C(=O)C=C(O)CCCCc1cccc(-c2[c-]cccc2)n1.[Ir]. The summed E-state index contributed by atoms with van der Waals surface area (Å²) in [6.07, 6.45) is 4.47. The van der Waals surface area contributed by atoms with Gasteiger partial charge in [0.15, 0.2) is 5.78 Å². The van der Waals surface area contributed by atoms with Crippen molar-refractivity contribution >= 4 is 5.78 Å². The van der Waals surface area contributed by atoms with Crippen molar-refractivity contribution < 1.29 is 30.0 Å². The molecule has 26 heavy (non-hydrogen) atoms. The average Bonchev–Trinajstić information content (AvgIpc) is 2.59. The molecule has 1 radical (unpaired) electrons. The first-order chi connectivity index (χ1) is 11.9. The Kier molecular flexibility index (Phi) is 8.90. The van der Waals surface area contributed by atoms with Gasteiger partial charge in [-0.2, -0.15) is 0 Å².